The summed E-state index contributed by atoms with van der Waals surface area (Å²) < 4.78 is 256. The van der Waals surface area contributed by atoms with Gasteiger partial charge < -0.3 is 23.7 Å². The lowest BCUT2D eigenvalue weighted by Gasteiger charge is -2.44. The number of benzene rings is 1. The van der Waals surface area contributed by atoms with Gasteiger partial charge in [-0.15, -0.1) is 0 Å². The van der Waals surface area contributed by atoms with Gasteiger partial charge in [-0.05, 0) is 47.7 Å². The fourth-order valence-electron chi connectivity index (χ4n) is 5.76. The van der Waals surface area contributed by atoms with Crippen molar-refractivity contribution in [1.29, 1.82) is 0 Å². The van der Waals surface area contributed by atoms with Crippen LogP contribution < -0.4 is 4.74 Å². The summed E-state index contributed by atoms with van der Waals surface area (Å²) >= 11 is 0. The molecule has 0 spiro atoms. The molecule has 0 heterocycles. The average Bonchev–Trinajstić information content (AvgIpc) is 3.12. The summed E-state index contributed by atoms with van der Waals surface area (Å²) in [5, 5.41) is 10.8. The highest BCUT2D eigenvalue weighted by Gasteiger charge is 2.95. The van der Waals surface area contributed by atoms with E-state index in [0.717, 1.165) is 0 Å². The van der Waals surface area contributed by atoms with Crippen molar-refractivity contribution < 1.29 is 103 Å². The molecule has 0 saturated carbocycles. The van der Waals surface area contributed by atoms with E-state index >= 15 is 0 Å². The fraction of sp³-hybridized carbons (Fsp3) is 0.686. The molecule has 2 atom stereocenters. The van der Waals surface area contributed by atoms with Crippen molar-refractivity contribution in [3.8, 4) is 5.75 Å². The monoisotopic (exact) mass is 910 g/mol. The van der Waals surface area contributed by atoms with E-state index in [1.807, 2.05) is 0 Å². The van der Waals surface area contributed by atoms with Gasteiger partial charge in [-0.3, -0.25) is 0 Å². The molecule has 0 saturated heterocycles. The van der Waals surface area contributed by atoms with E-state index in [9.17, 15) is 84.5 Å². The SMILES string of the molecule is C=CCOC(=O)/C=C/CC[C@@H](OC)[C@H](O)c1ccc(OCCO[Si](CCC(F)(F)C(F)(F)C(F)(F)C(F)(F)C(F)(F)C(F)(F)C(F)(F)C(F)(F)F)(C(C)C)C(C)C)cc1. The van der Waals surface area contributed by atoms with Gasteiger partial charge in [-0.1, -0.05) is 58.6 Å². The molecule has 59 heavy (non-hydrogen) atoms. The minimum Gasteiger partial charge on any atom is -0.491 e. The zero-order valence-corrected chi connectivity index (χ0v) is 32.9. The van der Waals surface area contributed by atoms with Gasteiger partial charge in [0.15, 0.2) is 8.32 Å². The van der Waals surface area contributed by atoms with Crippen molar-refractivity contribution in [3.63, 3.8) is 0 Å². The van der Waals surface area contributed by atoms with Crippen LogP contribution in [0.2, 0.25) is 17.1 Å². The second-order valence-electron chi connectivity index (χ2n) is 13.8. The number of ether oxygens (including phenoxy) is 3. The van der Waals surface area contributed by atoms with E-state index in [2.05, 4.69) is 6.58 Å². The normalized spacial score (nSPS) is 15.5. The van der Waals surface area contributed by atoms with Crippen molar-refractivity contribution in [1.82, 2.24) is 0 Å². The summed E-state index contributed by atoms with van der Waals surface area (Å²) in [6.07, 6.45) is -7.58. The molecule has 1 aromatic carbocycles. The lowest BCUT2D eigenvalue weighted by Crippen LogP contribution is -2.74. The summed E-state index contributed by atoms with van der Waals surface area (Å²) in [5.41, 5.74) is -1.37. The predicted octanol–water partition coefficient (Wildman–Crippen LogP) is 11.4. The van der Waals surface area contributed by atoms with Crippen LogP contribution in [0.1, 0.15) is 58.6 Å². The Kier molecular flexibility index (Phi) is 18.0. The van der Waals surface area contributed by atoms with Crippen LogP contribution in [0.5, 0.6) is 5.75 Å². The molecule has 0 unspecified atom stereocenters. The smallest absolute Gasteiger partial charge is 0.460 e. The van der Waals surface area contributed by atoms with Crippen LogP contribution in [0, 0.1) is 0 Å². The molecule has 6 nitrogen and oxygen atoms in total. The number of halogens is 17. The molecule has 0 aromatic heterocycles. The number of carbonyl (C=O) groups excluding carboxylic acids is 1. The maximum atomic E-state index is 14.9. The number of rotatable bonds is 25. The molecular weight excluding hydrogens is 867 g/mol. The van der Waals surface area contributed by atoms with E-state index < -0.39 is 104 Å². The summed E-state index contributed by atoms with van der Waals surface area (Å²) in [4.78, 5) is 11.5. The number of hydrogen-bond donors (Lipinski definition) is 1. The molecule has 0 fully saturated rings. The van der Waals surface area contributed by atoms with E-state index in [4.69, 9.17) is 18.6 Å². The molecule has 0 aliphatic heterocycles. The first-order chi connectivity index (χ1) is 26.6. The van der Waals surface area contributed by atoms with Gasteiger partial charge in [0.1, 0.15) is 25.1 Å². The zero-order chi connectivity index (χ0) is 46.3. The first kappa shape index (κ1) is 53.9. The number of carbonyl (C=O) groups is 1. The molecule has 24 heteroatoms. The van der Waals surface area contributed by atoms with E-state index in [1.165, 1.54) is 77.3 Å². The Labute approximate surface area is 328 Å². The number of aliphatic hydroxyl groups excluding tert-OH is 1. The Hall–Kier alpha value is -3.12. The Balaban J connectivity index is 3.14. The van der Waals surface area contributed by atoms with E-state index in [0.29, 0.717) is 12.0 Å². The molecule has 1 aromatic rings. The predicted molar refractivity (Wildman–Crippen MR) is 179 cm³/mol. The van der Waals surface area contributed by atoms with Gasteiger partial charge in [0.25, 0.3) is 0 Å². The summed E-state index contributed by atoms with van der Waals surface area (Å²) in [6.45, 7) is 7.82. The van der Waals surface area contributed by atoms with Gasteiger partial charge in [0.2, 0.25) is 0 Å². The van der Waals surface area contributed by atoms with Crippen molar-refractivity contribution in [2.75, 3.05) is 26.9 Å². The molecule has 342 valence electrons. The summed E-state index contributed by atoms with van der Waals surface area (Å²) in [6, 6.07) is 4.35. The van der Waals surface area contributed by atoms with Gasteiger partial charge in [-0.25, -0.2) is 4.79 Å². The first-order valence-electron chi connectivity index (χ1n) is 17.3. The number of allylic oxidation sites excluding steroid dienone is 1. The van der Waals surface area contributed by atoms with Crippen LogP contribution in [0.3, 0.4) is 0 Å². The van der Waals surface area contributed by atoms with Crippen molar-refractivity contribution in [2.45, 2.75) is 124 Å². The van der Waals surface area contributed by atoms with Crippen molar-refractivity contribution in [3.05, 3.63) is 54.6 Å². The Morgan fingerprint density at radius 2 is 1.22 bits per heavy atom. The molecule has 0 radical (unpaired) electrons. The highest BCUT2D eigenvalue weighted by Crippen LogP contribution is 2.64. The summed E-state index contributed by atoms with van der Waals surface area (Å²) in [7, 11) is -2.62. The number of hydrogen-bond acceptors (Lipinski definition) is 6. The van der Waals surface area contributed by atoms with Crippen LogP contribution in [0.25, 0.3) is 0 Å². The van der Waals surface area contributed by atoms with Crippen LogP contribution >= 0.6 is 0 Å². The lowest BCUT2D eigenvalue weighted by molar-refractivity contribution is -0.461. The van der Waals surface area contributed by atoms with Crippen LogP contribution in [0.4, 0.5) is 74.6 Å². The zero-order valence-electron chi connectivity index (χ0n) is 31.9. The topological polar surface area (TPSA) is 74.2 Å². The molecular formula is C35H43F17O6Si. The standard InChI is InChI=1S/C35H43F17O6Si/c1-7-17-57-26(53)11-9-8-10-25(55-6)27(54)23-12-14-24(15-13-23)56-18-19-58-59(21(2)3,22(4)5)20-16-28(36,37)29(38,39)30(40,41)31(42,43)32(44,45)33(46,47)34(48,49)35(50,51)52/h7,9,11-15,21-22,25,27,54H,1,8,10,16-20H2,2-6H3/b11-9+/t25-,27-/m1/s1. The maximum Gasteiger partial charge on any atom is 0.460 e. The van der Waals surface area contributed by atoms with Crippen molar-refractivity contribution >= 4 is 14.3 Å². The third-order valence-electron chi connectivity index (χ3n) is 9.39. The fourth-order valence-corrected chi connectivity index (χ4v) is 10.2. The number of alkyl halides is 17. The lowest BCUT2D eigenvalue weighted by atomic mass is 9.88. The van der Waals surface area contributed by atoms with Gasteiger partial charge >= 0.3 is 53.6 Å². The van der Waals surface area contributed by atoms with Crippen LogP contribution in [-0.2, 0) is 18.7 Å². The summed E-state index contributed by atoms with van der Waals surface area (Å²) in [5.74, 6) is -57.2. The molecule has 0 aliphatic carbocycles. The largest absolute Gasteiger partial charge is 0.491 e. The minimum absolute atomic E-state index is 0.0200. The highest BCUT2D eigenvalue weighted by molar-refractivity contribution is 6.76. The Morgan fingerprint density at radius 1 is 0.746 bits per heavy atom. The van der Waals surface area contributed by atoms with Gasteiger partial charge in [-0.2, -0.15) is 74.6 Å². The highest BCUT2D eigenvalue weighted by atomic mass is 28.4. The van der Waals surface area contributed by atoms with E-state index in [-0.39, 0.29) is 25.4 Å². The second kappa shape index (κ2) is 19.7. The number of esters is 1. The van der Waals surface area contributed by atoms with Crippen LogP contribution in [-0.4, -0.2) is 100 Å². The van der Waals surface area contributed by atoms with Gasteiger partial charge in [0, 0.05) is 19.6 Å². The molecule has 1 rings (SSSR count). The van der Waals surface area contributed by atoms with Crippen LogP contribution in [0.15, 0.2) is 49.1 Å². The molecule has 0 bridgehead atoms. The average molecular weight is 911 g/mol. The molecule has 0 aliphatic rings. The van der Waals surface area contributed by atoms with Crippen molar-refractivity contribution in [2.24, 2.45) is 0 Å². The Bertz CT molecular complexity index is 1520. The quantitative estimate of drug-likeness (QED) is 0.0263. The minimum atomic E-state index is -8.69. The Morgan fingerprint density at radius 3 is 1.66 bits per heavy atom. The molecule has 0 amide bonds. The first-order valence-corrected chi connectivity index (χ1v) is 19.6. The maximum absolute atomic E-state index is 14.9. The number of methoxy groups -OCH3 is 1. The third-order valence-corrected chi connectivity index (χ3v) is 15.1. The molecule has 1 N–H and O–H groups in total. The second-order valence-corrected chi connectivity index (χ2v) is 18.8. The third kappa shape index (κ3) is 11.0. The van der Waals surface area contributed by atoms with E-state index in [1.54, 1.807) is 0 Å². The number of aliphatic hydroxyl groups is 1. The van der Waals surface area contributed by atoms with Gasteiger partial charge in [0.05, 0.1) is 12.7 Å².